The highest BCUT2D eigenvalue weighted by atomic mass is 32.2. The predicted octanol–water partition coefficient (Wildman–Crippen LogP) is 5.05. The van der Waals surface area contributed by atoms with E-state index in [-0.39, 0.29) is 30.6 Å². The van der Waals surface area contributed by atoms with E-state index >= 15 is 0 Å². The SMILES string of the molecule is COc1ccc(N=C2SC(C(=O)Nc3ccc(OC)cc3)CC(=O)N2CCc2ccccc2F)cc1. The molecule has 3 aromatic carbocycles. The summed E-state index contributed by atoms with van der Waals surface area (Å²) >= 11 is 1.22. The van der Waals surface area contributed by atoms with Crippen molar-refractivity contribution in [3.8, 4) is 11.5 Å². The minimum Gasteiger partial charge on any atom is -0.497 e. The normalized spacial score (nSPS) is 16.6. The van der Waals surface area contributed by atoms with E-state index in [0.717, 1.165) is 0 Å². The van der Waals surface area contributed by atoms with Gasteiger partial charge in [0.25, 0.3) is 0 Å². The summed E-state index contributed by atoms with van der Waals surface area (Å²) in [5.74, 6) is 0.496. The molecule has 1 N–H and O–H groups in total. The highest BCUT2D eigenvalue weighted by molar-refractivity contribution is 8.15. The van der Waals surface area contributed by atoms with E-state index in [1.54, 1.807) is 80.9 Å². The van der Waals surface area contributed by atoms with Crippen molar-refractivity contribution in [2.75, 3.05) is 26.1 Å². The van der Waals surface area contributed by atoms with Crippen molar-refractivity contribution in [2.45, 2.75) is 18.1 Å². The van der Waals surface area contributed by atoms with Crippen LogP contribution in [0.2, 0.25) is 0 Å². The number of amidine groups is 1. The molecule has 0 bridgehead atoms. The average Bonchev–Trinajstić information content (AvgIpc) is 2.90. The molecule has 1 aliphatic rings. The minimum atomic E-state index is -0.665. The molecule has 186 valence electrons. The van der Waals surface area contributed by atoms with Gasteiger partial charge in [-0.3, -0.25) is 14.5 Å². The molecule has 0 aromatic heterocycles. The third kappa shape index (κ3) is 6.23. The molecule has 1 atom stereocenters. The number of hydrogen-bond donors (Lipinski definition) is 1. The molecule has 1 aliphatic heterocycles. The Labute approximate surface area is 213 Å². The quantitative estimate of drug-likeness (QED) is 0.462. The fourth-order valence-corrected chi connectivity index (χ4v) is 4.78. The number of thioether (sulfide) groups is 1. The van der Waals surface area contributed by atoms with Crippen LogP contribution in [-0.4, -0.2) is 47.9 Å². The van der Waals surface area contributed by atoms with Crippen molar-refractivity contribution < 1.29 is 23.5 Å². The van der Waals surface area contributed by atoms with E-state index in [1.165, 1.54) is 22.7 Å². The largest absolute Gasteiger partial charge is 0.497 e. The Morgan fingerprint density at radius 1 is 1.03 bits per heavy atom. The molecule has 36 heavy (non-hydrogen) atoms. The van der Waals surface area contributed by atoms with Crippen molar-refractivity contribution in [1.29, 1.82) is 0 Å². The van der Waals surface area contributed by atoms with E-state index in [0.29, 0.717) is 40.0 Å². The average molecular weight is 508 g/mol. The molecule has 1 saturated heterocycles. The number of carbonyl (C=O) groups is 2. The van der Waals surface area contributed by atoms with Gasteiger partial charge in [0.1, 0.15) is 22.6 Å². The van der Waals surface area contributed by atoms with Gasteiger partial charge in [-0.05, 0) is 66.6 Å². The van der Waals surface area contributed by atoms with Gasteiger partial charge in [-0.25, -0.2) is 9.38 Å². The highest BCUT2D eigenvalue weighted by Crippen LogP contribution is 2.31. The lowest BCUT2D eigenvalue weighted by atomic mass is 10.1. The van der Waals surface area contributed by atoms with Crippen molar-refractivity contribution in [2.24, 2.45) is 4.99 Å². The summed E-state index contributed by atoms with van der Waals surface area (Å²) in [4.78, 5) is 32.4. The Bertz CT molecular complexity index is 1250. The Hall–Kier alpha value is -3.85. The molecular formula is C27H26FN3O4S. The summed E-state index contributed by atoms with van der Waals surface area (Å²) in [6.45, 7) is 0.245. The Morgan fingerprint density at radius 2 is 1.67 bits per heavy atom. The molecule has 1 fully saturated rings. The summed E-state index contributed by atoms with van der Waals surface area (Å²) in [6.07, 6.45) is 0.328. The number of ether oxygens (including phenoxy) is 2. The fourth-order valence-electron chi connectivity index (χ4n) is 3.66. The molecule has 1 heterocycles. The van der Waals surface area contributed by atoms with Gasteiger partial charge in [-0.2, -0.15) is 0 Å². The van der Waals surface area contributed by atoms with Crippen LogP contribution in [0.25, 0.3) is 0 Å². The molecule has 9 heteroatoms. The third-order valence-corrected chi connectivity index (χ3v) is 6.84. The molecule has 4 rings (SSSR count). The second-order valence-electron chi connectivity index (χ2n) is 8.01. The summed E-state index contributed by atoms with van der Waals surface area (Å²) in [6, 6.07) is 20.5. The molecule has 0 saturated carbocycles. The monoisotopic (exact) mass is 507 g/mol. The summed E-state index contributed by atoms with van der Waals surface area (Å²) < 4.78 is 24.5. The standard InChI is InChI=1S/C27H26FN3O4S/c1-34-21-11-7-19(8-12-21)29-26(33)24-17-25(32)31(16-15-18-5-3-4-6-23(18)28)27(36-24)30-20-9-13-22(35-2)14-10-20/h3-14,24H,15-17H2,1-2H3,(H,29,33). The zero-order chi connectivity index (χ0) is 25.5. The zero-order valence-corrected chi connectivity index (χ0v) is 20.8. The molecule has 0 spiro atoms. The van der Waals surface area contributed by atoms with Gasteiger partial charge in [-0.15, -0.1) is 0 Å². The third-order valence-electron chi connectivity index (χ3n) is 5.65. The van der Waals surface area contributed by atoms with Crippen LogP contribution in [0, 0.1) is 5.82 Å². The van der Waals surface area contributed by atoms with Gasteiger partial charge in [0, 0.05) is 18.7 Å². The van der Waals surface area contributed by atoms with Crippen molar-refractivity contribution >= 4 is 40.1 Å². The second kappa shape index (κ2) is 11.7. The lowest BCUT2D eigenvalue weighted by Gasteiger charge is -2.32. The van der Waals surface area contributed by atoms with E-state index in [9.17, 15) is 14.0 Å². The number of carbonyl (C=O) groups excluding carboxylic acids is 2. The molecule has 3 aromatic rings. The van der Waals surface area contributed by atoms with Crippen molar-refractivity contribution in [1.82, 2.24) is 4.90 Å². The first-order valence-corrected chi connectivity index (χ1v) is 12.2. The van der Waals surface area contributed by atoms with Gasteiger partial charge >= 0.3 is 0 Å². The lowest BCUT2D eigenvalue weighted by molar-refractivity contribution is -0.129. The van der Waals surface area contributed by atoms with Crippen LogP contribution in [0.3, 0.4) is 0 Å². The van der Waals surface area contributed by atoms with Gasteiger partial charge in [0.2, 0.25) is 11.8 Å². The molecule has 0 radical (unpaired) electrons. The number of halogens is 1. The van der Waals surface area contributed by atoms with E-state index in [4.69, 9.17) is 9.47 Å². The van der Waals surface area contributed by atoms with Crippen LogP contribution < -0.4 is 14.8 Å². The fraction of sp³-hybridized carbons (Fsp3) is 0.222. The maximum Gasteiger partial charge on any atom is 0.238 e. The van der Waals surface area contributed by atoms with E-state index in [2.05, 4.69) is 10.3 Å². The number of amides is 2. The van der Waals surface area contributed by atoms with E-state index in [1.807, 2.05) is 0 Å². The number of anilines is 1. The number of benzene rings is 3. The summed E-state index contributed by atoms with van der Waals surface area (Å²) in [7, 11) is 3.15. The van der Waals surface area contributed by atoms with Gasteiger partial charge < -0.3 is 14.8 Å². The topological polar surface area (TPSA) is 80.2 Å². The molecule has 7 nitrogen and oxygen atoms in total. The molecule has 0 aliphatic carbocycles. The lowest BCUT2D eigenvalue weighted by Crippen LogP contribution is -2.46. The van der Waals surface area contributed by atoms with Crippen LogP contribution in [0.5, 0.6) is 11.5 Å². The smallest absolute Gasteiger partial charge is 0.238 e. The summed E-state index contributed by atoms with van der Waals surface area (Å²) in [5.41, 5.74) is 1.72. The number of nitrogens with one attached hydrogen (secondary N) is 1. The highest BCUT2D eigenvalue weighted by Gasteiger charge is 2.36. The van der Waals surface area contributed by atoms with E-state index < -0.39 is 5.25 Å². The molecule has 1 unspecified atom stereocenters. The Kier molecular flexibility index (Phi) is 8.22. The van der Waals surface area contributed by atoms with Crippen LogP contribution in [-0.2, 0) is 16.0 Å². The molecular weight excluding hydrogens is 481 g/mol. The zero-order valence-electron chi connectivity index (χ0n) is 19.9. The van der Waals surface area contributed by atoms with Crippen LogP contribution >= 0.6 is 11.8 Å². The maximum absolute atomic E-state index is 14.2. The van der Waals surface area contributed by atoms with Gasteiger partial charge in [-0.1, -0.05) is 30.0 Å². The van der Waals surface area contributed by atoms with Crippen LogP contribution in [0.1, 0.15) is 12.0 Å². The minimum absolute atomic E-state index is 0.00551. The van der Waals surface area contributed by atoms with Crippen molar-refractivity contribution in [3.63, 3.8) is 0 Å². The number of aliphatic imine (C=N–C) groups is 1. The van der Waals surface area contributed by atoms with Gasteiger partial charge in [0.05, 0.1) is 19.9 Å². The first-order valence-electron chi connectivity index (χ1n) is 11.3. The van der Waals surface area contributed by atoms with Gasteiger partial charge in [0.15, 0.2) is 5.17 Å². The number of rotatable bonds is 8. The number of hydrogen-bond acceptors (Lipinski definition) is 6. The Morgan fingerprint density at radius 3 is 2.31 bits per heavy atom. The maximum atomic E-state index is 14.2. The first kappa shape index (κ1) is 25.2. The Balaban J connectivity index is 1.55. The number of nitrogens with zero attached hydrogens (tertiary/aromatic N) is 2. The van der Waals surface area contributed by atoms with Crippen LogP contribution in [0.4, 0.5) is 15.8 Å². The second-order valence-corrected chi connectivity index (χ2v) is 9.18. The first-order chi connectivity index (χ1) is 17.5. The summed E-state index contributed by atoms with van der Waals surface area (Å²) in [5, 5.41) is 2.58. The number of methoxy groups -OCH3 is 2. The van der Waals surface area contributed by atoms with Crippen molar-refractivity contribution in [3.05, 3.63) is 84.2 Å². The predicted molar refractivity (Wildman–Crippen MR) is 140 cm³/mol. The van der Waals surface area contributed by atoms with Crippen LogP contribution in [0.15, 0.2) is 77.8 Å². The molecule has 2 amide bonds.